The van der Waals surface area contributed by atoms with E-state index in [0.717, 1.165) is 28.7 Å². The quantitative estimate of drug-likeness (QED) is 0.622. The van der Waals surface area contributed by atoms with Crippen LogP contribution in [0.2, 0.25) is 5.02 Å². The number of halogens is 1. The highest BCUT2D eigenvalue weighted by molar-refractivity contribution is 6.30. The van der Waals surface area contributed by atoms with Crippen LogP contribution in [0, 0.1) is 6.92 Å². The van der Waals surface area contributed by atoms with Crippen LogP contribution >= 0.6 is 11.6 Å². The minimum Gasteiger partial charge on any atom is -0.454 e. The standard InChI is InChI=1S/C21H23ClN2O2/c1-14-20(17-6-4-5-7-18(17)23-14)21(25)26-19(12-13-24(2)3)15-8-10-16(22)11-9-15/h4-11,19,23H,12-13H2,1-3H3. The number of carbonyl (C=O) groups excluding carboxylic acids is 1. The molecule has 26 heavy (non-hydrogen) atoms. The number of aromatic nitrogens is 1. The summed E-state index contributed by atoms with van der Waals surface area (Å²) in [4.78, 5) is 18.3. The van der Waals surface area contributed by atoms with Gasteiger partial charge in [0.15, 0.2) is 0 Å². The summed E-state index contributed by atoms with van der Waals surface area (Å²) in [7, 11) is 4.01. The lowest BCUT2D eigenvalue weighted by Crippen LogP contribution is -2.19. The normalized spacial score (nSPS) is 12.5. The average molecular weight is 371 g/mol. The van der Waals surface area contributed by atoms with Gasteiger partial charge >= 0.3 is 5.97 Å². The van der Waals surface area contributed by atoms with Crippen molar-refractivity contribution >= 4 is 28.5 Å². The number of aromatic amines is 1. The fourth-order valence-corrected chi connectivity index (χ4v) is 3.20. The maximum atomic E-state index is 13.0. The number of hydrogen-bond acceptors (Lipinski definition) is 3. The summed E-state index contributed by atoms with van der Waals surface area (Å²) in [6, 6.07) is 15.2. The van der Waals surface area contributed by atoms with Crippen molar-refractivity contribution < 1.29 is 9.53 Å². The minimum absolute atomic E-state index is 0.307. The number of nitrogens with one attached hydrogen (secondary N) is 1. The lowest BCUT2D eigenvalue weighted by molar-refractivity contribution is 0.0263. The Morgan fingerprint density at radius 3 is 2.54 bits per heavy atom. The molecule has 0 fully saturated rings. The van der Waals surface area contributed by atoms with E-state index in [4.69, 9.17) is 16.3 Å². The Morgan fingerprint density at radius 1 is 1.15 bits per heavy atom. The Balaban J connectivity index is 1.88. The van der Waals surface area contributed by atoms with Crippen molar-refractivity contribution in [3.8, 4) is 0 Å². The summed E-state index contributed by atoms with van der Waals surface area (Å²) in [5, 5.41) is 1.55. The molecular formula is C21H23ClN2O2. The predicted octanol–water partition coefficient (Wildman–Crippen LogP) is 4.98. The molecule has 136 valence electrons. The molecule has 0 amide bonds. The molecule has 0 aliphatic carbocycles. The fourth-order valence-electron chi connectivity index (χ4n) is 3.07. The topological polar surface area (TPSA) is 45.3 Å². The Labute approximate surface area is 158 Å². The molecule has 0 aliphatic heterocycles. The highest BCUT2D eigenvalue weighted by Crippen LogP contribution is 2.28. The number of rotatable bonds is 6. The molecule has 5 heteroatoms. The van der Waals surface area contributed by atoms with Gasteiger partial charge in [-0.15, -0.1) is 0 Å². The number of H-pyrrole nitrogens is 1. The molecule has 0 saturated heterocycles. The molecule has 1 heterocycles. The summed E-state index contributed by atoms with van der Waals surface area (Å²) < 4.78 is 5.93. The second kappa shape index (κ2) is 7.94. The smallest absolute Gasteiger partial charge is 0.341 e. The van der Waals surface area contributed by atoms with E-state index in [9.17, 15) is 4.79 Å². The van der Waals surface area contributed by atoms with Crippen molar-refractivity contribution in [2.75, 3.05) is 20.6 Å². The molecule has 2 aromatic carbocycles. The van der Waals surface area contributed by atoms with Crippen LogP contribution < -0.4 is 0 Å². The number of nitrogens with zero attached hydrogens (tertiary/aromatic N) is 1. The first kappa shape index (κ1) is 18.5. The van der Waals surface area contributed by atoms with E-state index in [1.165, 1.54) is 0 Å². The highest BCUT2D eigenvalue weighted by atomic mass is 35.5. The van der Waals surface area contributed by atoms with Crippen LogP contribution in [0.5, 0.6) is 0 Å². The molecule has 1 unspecified atom stereocenters. The molecule has 1 atom stereocenters. The van der Waals surface area contributed by atoms with E-state index >= 15 is 0 Å². The molecule has 4 nitrogen and oxygen atoms in total. The summed E-state index contributed by atoms with van der Waals surface area (Å²) in [5.41, 5.74) is 3.30. The second-order valence-electron chi connectivity index (χ2n) is 6.71. The van der Waals surface area contributed by atoms with Gasteiger partial charge in [-0.1, -0.05) is 41.9 Å². The summed E-state index contributed by atoms with van der Waals surface area (Å²) >= 11 is 6.00. The molecule has 0 spiro atoms. The number of ether oxygens (including phenoxy) is 1. The van der Waals surface area contributed by atoms with Crippen LogP contribution in [0.1, 0.15) is 34.1 Å². The van der Waals surface area contributed by atoms with E-state index < -0.39 is 0 Å². The summed E-state index contributed by atoms with van der Waals surface area (Å²) in [5.74, 6) is -0.307. The highest BCUT2D eigenvalue weighted by Gasteiger charge is 2.22. The van der Waals surface area contributed by atoms with Gasteiger partial charge in [0.2, 0.25) is 0 Å². The van der Waals surface area contributed by atoms with Crippen LogP contribution in [-0.4, -0.2) is 36.5 Å². The van der Waals surface area contributed by atoms with E-state index in [1.54, 1.807) is 0 Å². The molecule has 3 rings (SSSR count). The number of carbonyl (C=O) groups is 1. The number of para-hydroxylation sites is 1. The third-order valence-corrected chi connectivity index (χ3v) is 4.68. The lowest BCUT2D eigenvalue weighted by Gasteiger charge is -2.20. The largest absolute Gasteiger partial charge is 0.454 e. The first-order valence-corrected chi connectivity index (χ1v) is 9.02. The maximum Gasteiger partial charge on any atom is 0.341 e. The van der Waals surface area contributed by atoms with Crippen LogP contribution in [-0.2, 0) is 4.74 Å². The van der Waals surface area contributed by atoms with Crippen molar-refractivity contribution in [1.82, 2.24) is 9.88 Å². The Hall–Kier alpha value is -2.30. The minimum atomic E-state index is -0.324. The van der Waals surface area contributed by atoms with Gasteiger partial charge in [0, 0.05) is 34.6 Å². The van der Waals surface area contributed by atoms with Gasteiger partial charge in [-0.25, -0.2) is 4.79 Å². The number of esters is 1. The Kier molecular flexibility index (Phi) is 5.64. The average Bonchev–Trinajstić information content (AvgIpc) is 2.95. The van der Waals surface area contributed by atoms with Crippen LogP contribution in [0.4, 0.5) is 0 Å². The second-order valence-corrected chi connectivity index (χ2v) is 7.14. The van der Waals surface area contributed by atoms with E-state index in [1.807, 2.05) is 69.6 Å². The van der Waals surface area contributed by atoms with E-state index in [0.29, 0.717) is 17.0 Å². The molecular weight excluding hydrogens is 348 g/mol. The van der Waals surface area contributed by atoms with Crippen molar-refractivity contribution in [3.63, 3.8) is 0 Å². The SMILES string of the molecule is Cc1[nH]c2ccccc2c1C(=O)OC(CCN(C)C)c1ccc(Cl)cc1. The van der Waals surface area contributed by atoms with Gasteiger partial charge < -0.3 is 14.6 Å². The number of benzene rings is 2. The number of hydrogen-bond donors (Lipinski definition) is 1. The van der Waals surface area contributed by atoms with Crippen LogP contribution in [0.3, 0.4) is 0 Å². The molecule has 0 bridgehead atoms. The van der Waals surface area contributed by atoms with Gasteiger partial charge in [0.1, 0.15) is 6.10 Å². The van der Waals surface area contributed by atoms with Crippen molar-refractivity contribution in [3.05, 3.63) is 70.4 Å². The molecule has 0 saturated carbocycles. The summed E-state index contributed by atoms with van der Waals surface area (Å²) in [6.45, 7) is 2.71. The van der Waals surface area contributed by atoms with Crippen molar-refractivity contribution in [1.29, 1.82) is 0 Å². The maximum absolute atomic E-state index is 13.0. The van der Waals surface area contributed by atoms with Crippen molar-refractivity contribution in [2.45, 2.75) is 19.4 Å². The van der Waals surface area contributed by atoms with Crippen LogP contribution in [0.15, 0.2) is 48.5 Å². The Bertz CT molecular complexity index is 900. The first-order valence-electron chi connectivity index (χ1n) is 8.64. The zero-order valence-corrected chi connectivity index (χ0v) is 16.0. The van der Waals surface area contributed by atoms with Gasteiger partial charge in [0.05, 0.1) is 5.56 Å². The monoisotopic (exact) mass is 370 g/mol. The van der Waals surface area contributed by atoms with Gasteiger partial charge in [-0.3, -0.25) is 0 Å². The molecule has 1 aromatic heterocycles. The number of fused-ring (bicyclic) bond motifs is 1. The van der Waals surface area contributed by atoms with Gasteiger partial charge in [0.25, 0.3) is 0 Å². The van der Waals surface area contributed by atoms with Crippen LogP contribution in [0.25, 0.3) is 10.9 Å². The van der Waals surface area contributed by atoms with E-state index in [-0.39, 0.29) is 12.1 Å². The zero-order chi connectivity index (χ0) is 18.7. The zero-order valence-electron chi connectivity index (χ0n) is 15.3. The fraction of sp³-hybridized carbons (Fsp3) is 0.286. The Morgan fingerprint density at radius 2 is 1.85 bits per heavy atom. The third kappa shape index (κ3) is 4.09. The molecule has 1 N–H and O–H groups in total. The van der Waals surface area contributed by atoms with E-state index in [2.05, 4.69) is 9.88 Å². The molecule has 0 aliphatic rings. The lowest BCUT2D eigenvalue weighted by atomic mass is 10.1. The van der Waals surface area contributed by atoms with Gasteiger partial charge in [-0.2, -0.15) is 0 Å². The summed E-state index contributed by atoms with van der Waals surface area (Å²) in [6.07, 6.45) is 0.386. The number of aryl methyl sites for hydroxylation is 1. The third-order valence-electron chi connectivity index (χ3n) is 4.43. The molecule has 3 aromatic rings. The van der Waals surface area contributed by atoms with Gasteiger partial charge in [-0.05, 0) is 44.8 Å². The first-order chi connectivity index (χ1) is 12.5. The van der Waals surface area contributed by atoms with Crippen molar-refractivity contribution in [2.24, 2.45) is 0 Å². The molecule has 0 radical (unpaired) electrons. The predicted molar refractivity (Wildman–Crippen MR) is 106 cm³/mol.